The summed E-state index contributed by atoms with van der Waals surface area (Å²) < 4.78 is 16.6. The third kappa shape index (κ3) is 6.81. The topological polar surface area (TPSA) is 132 Å². The van der Waals surface area contributed by atoms with Crippen molar-refractivity contribution in [3.05, 3.63) is 34.9 Å². The summed E-state index contributed by atoms with van der Waals surface area (Å²) in [7, 11) is 0. The van der Waals surface area contributed by atoms with Crippen molar-refractivity contribution in [3.63, 3.8) is 0 Å². The van der Waals surface area contributed by atoms with Gasteiger partial charge in [-0.05, 0) is 224 Å². The van der Waals surface area contributed by atoms with E-state index in [1.54, 1.807) is 6.08 Å². The number of carbonyl (C=O) groups excluding carboxylic acids is 3. The highest BCUT2D eigenvalue weighted by Crippen LogP contribution is 2.71. The van der Waals surface area contributed by atoms with Gasteiger partial charge in [0.05, 0.1) is 23.4 Å². The van der Waals surface area contributed by atoms with Crippen LogP contribution < -0.4 is 0 Å². The zero-order chi connectivity index (χ0) is 48.1. The quantitative estimate of drug-likeness (QED) is 0.190. The number of ketones is 3. The summed E-state index contributed by atoms with van der Waals surface area (Å²) in [6.07, 6.45) is 26.0. The first-order valence-electron chi connectivity index (χ1n) is 27.5. The van der Waals surface area contributed by atoms with Crippen LogP contribution in [-0.2, 0) is 14.4 Å². The Kier molecular flexibility index (Phi) is 11.6. The fraction of sp³-hybridized carbons (Fsp3) is 0.847. The molecule has 9 fully saturated rings. The van der Waals surface area contributed by atoms with Crippen LogP contribution in [0.2, 0.25) is 0 Å². The van der Waals surface area contributed by atoms with Gasteiger partial charge in [0.1, 0.15) is 5.67 Å². The van der Waals surface area contributed by atoms with E-state index < -0.39 is 33.8 Å². The monoisotopic (exact) mass is 927 g/mol. The smallest absolute Gasteiger partial charge is 0.155 e. The molecule has 0 radical (unpaired) electrons. The summed E-state index contributed by atoms with van der Waals surface area (Å²) in [5.74, 6) is 5.02. The number of carbonyl (C=O) groups is 3. The zero-order valence-corrected chi connectivity index (χ0v) is 42.7. The van der Waals surface area contributed by atoms with Crippen LogP contribution in [0.3, 0.4) is 0 Å². The molecule has 12 rings (SSSR count). The van der Waals surface area contributed by atoms with Crippen LogP contribution >= 0.6 is 0 Å². The second-order valence-corrected chi connectivity index (χ2v) is 27.3. The predicted octanol–water partition coefficient (Wildman–Crippen LogP) is 11.5. The molecule has 12 aliphatic carbocycles. The summed E-state index contributed by atoms with van der Waals surface area (Å²) in [5.41, 5.74) is 0.376. The lowest BCUT2D eigenvalue weighted by molar-refractivity contribution is -0.225. The van der Waals surface area contributed by atoms with E-state index in [0.29, 0.717) is 55.5 Å². The van der Waals surface area contributed by atoms with Crippen molar-refractivity contribution in [1.29, 1.82) is 0 Å². The van der Waals surface area contributed by atoms with Crippen LogP contribution in [0.4, 0.5) is 4.39 Å². The molecule has 0 aliphatic heterocycles. The molecular formula is C59H87FO7. The first-order chi connectivity index (χ1) is 31.3. The Hall–Kier alpha value is -2.00. The molecule has 0 aromatic rings. The summed E-state index contributed by atoms with van der Waals surface area (Å²) in [4.78, 5) is 35.4. The van der Waals surface area contributed by atoms with E-state index in [9.17, 15) is 34.8 Å². The van der Waals surface area contributed by atoms with E-state index in [0.717, 1.165) is 99.9 Å². The Balaban J connectivity index is 0.000000118. The Labute approximate surface area is 402 Å². The molecule has 4 N–H and O–H groups in total. The molecular weight excluding hydrogens is 840 g/mol. The van der Waals surface area contributed by atoms with Gasteiger partial charge in [-0.15, -0.1) is 0 Å². The number of rotatable bonds is 0. The van der Waals surface area contributed by atoms with Gasteiger partial charge in [0.25, 0.3) is 0 Å². The molecule has 0 aromatic heterocycles. The van der Waals surface area contributed by atoms with E-state index in [1.165, 1.54) is 56.1 Å². The van der Waals surface area contributed by atoms with E-state index in [1.807, 2.05) is 32.9 Å². The van der Waals surface area contributed by atoms with Crippen LogP contribution in [0.25, 0.3) is 0 Å². The average Bonchev–Trinajstić information content (AvgIpc) is 3.81. The maximum absolute atomic E-state index is 16.6. The number of aliphatic hydroxyl groups excluding tert-OH is 2. The number of halogens is 1. The number of aliphatic hydroxyl groups is 4. The number of hydrogen-bond donors (Lipinski definition) is 4. The standard InChI is InChI=1S/C20H29FO3.C20H30O2.C19H28O2/c1-17-8-6-13(22)10-12(17)4-5-15-14-7-9-19(3,24)18(14,2)11-16(23)20(15,17)21;1-18-9-6-14(21)12-13(18)4-5-15-16(18)7-10-19(2)17(15)8-11-20(19,3)22;1-18-9-7-13(20)11-12(18)3-4-14-15-5-6-17(21)19(15,2)10-8-16(14)18/h10,14-16,23-24H,4-9,11H2,1-3H3;12,15-17,22H,4-11H2,1-3H3;11,14-17,21H,3-10H2,1-2H3/t14-,15-,16-,17-,18-,19-,20-;15-,16+,17+,18+,19+,20+;14-,15-,16-,17-,18-,19-/m010/s1. The third-order valence-electron chi connectivity index (χ3n) is 25.0. The fourth-order valence-corrected chi connectivity index (χ4v) is 20.1. The molecule has 9 saturated carbocycles. The highest BCUT2D eigenvalue weighted by molar-refractivity contribution is 5.92. The minimum Gasteiger partial charge on any atom is -0.393 e. The van der Waals surface area contributed by atoms with Crippen LogP contribution in [0.15, 0.2) is 34.9 Å². The number of fused-ring (bicyclic) bond motifs is 15. The summed E-state index contributed by atoms with van der Waals surface area (Å²) in [6.45, 7) is 17.4. The molecule has 67 heavy (non-hydrogen) atoms. The lowest BCUT2D eigenvalue weighted by Gasteiger charge is -2.63. The lowest BCUT2D eigenvalue weighted by atomic mass is 9.44. The van der Waals surface area contributed by atoms with Gasteiger partial charge in [0.15, 0.2) is 17.3 Å². The maximum Gasteiger partial charge on any atom is 0.155 e. The highest BCUT2D eigenvalue weighted by atomic mass is 19.1. The van der Waals surface area contributed by atoms with Gasteiger partial charge in [-0.3, -0.25) is 14.4 Å². The molecule has 0 bridgehead atoms. The molecule has 0 aromatic carbocycles. The minimum absolute atomic E-state index is 0.0823. The van der Waals surface area contributed by atoms with Gasteiger partial charge in [0.2, 0.25) is 0 Å². The maximum atomic E-state index is 16.6. The van der Waals surface area contributed by atoms with Gasteiger partial charge >= 0.3 is 0 Å². The summed E-state index contributed by atoms with van der Waals surface area (Å²) in [5, 5.41) is 43.2. The minimum atomic E-state index is -1.69. The predicted molar refractivity (Wildman–Crippen MR) is 259 cm³/mol. The molecule has 12 aliphatic rings. The molecule has 19 atom stereocenters. The van der Waals surface area contributed by atoms with Crippen molar-refractivity contribution < 1.29 is 39.2 Å². The second kappa shape index (κ2) is 16.0. The summed E-state index contributed by atoms with van der Waals surface area (Å²) in [6, 6.07) is 0. The van der Waals surface area contributed by atoms with Gasteiger partial charge < -0.3 is 20.4 Å². The Morgan fingerprint density at radius 3 is 1.52 bits per heavy atom. The first-order valence-corrected chi connectivity index (χ1v) is 27.5. The van der Waals surface area contributed by atoms with Gasteiger partial charge in [0, 0.05) is 36.0 Å². The third-order valence-corrected chi connectivity index (χ3v) is 25.0. The molecule has 8 heteroatoms. The van der Waals surface area contributed by atoms with Crippen LogP contribution in [0, 0.1) is 79.8 Å². The second-order valence-electron chi connectivity index (χ2n) is 27.3. The Bertz CT molecular complexity index is 2150. The van der Waals surface area contributed by atoms with Gasteiger partial charge in [-0.1, -0.05) is 58.3 Å². The van der Waals surface area contributed by atoms with E-state index in [-0.39, 0.29) is 45.4 Å². The van der Waals surface area contributed by atoms with Crippen molar-refractivity contribution in [1.82, 2.24) is 0 Å². The van der Waals surface area contributed by atoms with Gasteiger partial charge in [-0.2, -0.15) is 0 Å². The molecule has 372 valence electrons. The normalized spacial score (nSPS) is 54.8. The van der Waals surface area contributed by atoms with Crippen LogP contribution in [0.1, 0.15) is 203 Å². The van der Waals surface area contributed by atoms with Gasteiger partial charge in [-0.25, -0.2) is 4.39 Å². The number of hydrogen-bond acceptors (Lipinski definition) is 7. The van der Waals surface area contributed by atoms with Crippen LogP contribution in [-0.4, -0.2) is 66.9 Å². The van der Waals surface area contributed by atoms with Crippen molar-refractivity contribution in [3.8, 4) is 0 Å². The van der Waals surface area contributed by atoms with Crippen molar-refractivity contribution in [2.75, 3.05) is 0 Å². The van der Waals surface area contributed by atoms with E-state index in [2.05, 4.69) is 34.6 Å². The molecule has 0 unspecified atom stereocenters. The highest BCUT2D eigenvalue weighted by Gasteiger charge is 2.72. The Morgan fingerprint density at radius 1 is 0.448 bits per heavy atom. The van der Waals surface area contributed by atoms with Crippen LogP contribution in [0.5, 0.6) is 0 Å². The molecule has 7 nitrogen and oxygen atoms in total. The zero-order valence-electron chi connectivity index (χ0n) is 42.7. The fourth-order valence-electron chi connectivity index (χ4n) is 20.1. The van der Waals surface area contributed by atoms with Crippen molar-refractivity contribution in [2.45, 2.75) is 232 Å². The van der Waals surface area contributed by atoms with E-state index in [4.69, 9.17) is 0 Å². The SMILES string of the molecule is C[C@]1(O)CC[C@H]2[C@@H]3CCC4=CC(=O)CC[C@]4(C)[C@@]3(F)[C@@H](O)C[C@@]21C.C[C@]12CCC(=O)C=C1CC[C@@H]1[C@@H]2CC[C@@]2(C)[C@H]1CC[C@]2(C)O.C[C@]12CC[C@H]3[C@@H](CCC4=CC(=O)CC[C@@]43C)[C@@H]1CC[C@@H]2O. The lowest BCUT2D eigenvalue weighted by Crippen LogP contribution is -2.68. The van der Waals surface area contributed by atoms with Crippen molar-refractivity contribution in [2.24, 2.45) is 79.8 Å². The number of allylic oxidation sites excluding steroid dienone is 3. The molecule has 0 spiro atoms. The Morgan fingerprint density at radius 2 is 0.925 bits per heavy atom. The van der Waals surface area contributed by atoms with Crippen molar-refractivity contribution >= 4 is 17.3 Å². The van der Waals surface area contributed by atoms with E-state index >= 15 is 4.39 Å². The number of alkyl halides is 1. The molecule has 0 saturated heterocycles. The molecule has 0 heterocycles. The molecule has 0 amide bonds. The largest absolute Gasteiger partial charge is 0.393 e. The first kappa shape index (κ1) is 48.6. The average molecular weight is 927 g/mol. The summed E-state index contributed by atoms with van der Waals surface area (Å²) >= 11 is 0.